The lowest BCUT2D eigenvalue weighted by atomic mass is 10.5. The zero-order valence-electron chi connectivity index (χ0n) is 7.29. The predicted octanol–water partition coefficient (Wildman–Crippen LogP) is 1.93. The molecule has 12 heavy (non-hydrogen) atoms. The van der Waals surface area contributed by atoms with Crippen LogP contribution < -0.4 is 4.90 Å². The third-order valence-electron chi connectivity index (χ3n) is 1.65. The summed E-state index contributed by atoms with van der Waals surface area (Å²) in [7, 11) is 0. The number of hydrogen-bond donors (Lipinski definition) is 0. The Morgan fingerprint density at radius 1 is 1.25 bits per heavy atom. The van der Waals surface area contributed by atoms with Crippen molar-refractivity contribution < 1.29 is 0 Å². The molecular formula is C8H12IN3. The van der Waals surface area contributed by atoms with Gasteiger partial charge in [-0.2, -0.15) is 0 Å². The third kappa shape index (κ3) is 2.30. The highest BCUT2D eigenvalue weighted by Crippen LogP contribution is 2.07. The van der Waals surface area contributed by atoms with E-state index in [1.807, 2.05) is 12.4 Å². The summed E-state index contributed by atoms with van der Waals surface area (Å²) < 4.78 is 1.07. The van der Waals surface area contributed by atoms with E-state index in [0.717, 1.165) is 22.6 Å². The van der Waals surface area contributed by atoms with Crippen molar-refractivity contribution in [3.05, 3.63) is 16.0 Å². The van der Waals surface area contributed by atoms with Crippen molar-refractivity contribution >= 4 is 28.5 Å². The third-order valence-corrected chi connectivity index (χ3v) is 2.21. The molecule has 0 atom stereocenters. The summed E-state index contributed by atoms with van der Waals surface area (Å²) in [5, 5.41) is 0. The molecule has 0 aromatic carbocycles. The number of nitrogens with zero attached hydrogens (tertiary/aromatic N) is 3. The van der Waals surface area contributed by atoms with Crippen molar-refractivity contribution in [1.82, 2.24) is 9.97 Å². The highest BCUT2D eigenvalue weighted by Gasteiger charge is 2.02. The van der Waals surface area contributed by atoms with Gasteiger partial charge in [0.1, 0.15) is 0 Å². The number of anilines is 1. The maximum absolute atomic E-state index is 4.23. The van der Waals surface area contributed by atoms with Gasteiger partial charge < -0.3 is 4.90 Å². The molecule has 0 bridgehead atoms. The van der Waals surface area contributed by atoms with Gasteiger partial charge in [0.05, 0.1) is 0 Å². The number of halogens is 1. The zero-order valence-corrected chi connectivity index (χ0v) is 9.45. The van der Waals surface area contributed by atoms with Crippen LogP contribution in [0, 0.1) is 3.57 Å². The van der Waals surface area contributed by atoms with Gasteiger partial charge in [-0.3, -0.25) is 0 Å². The van der Waals surface area contributed by atoms with Crippen molar-refractivity contribution in [1.29, 1.82) is 0 Å². The topological polar surface area (TPSA) is 29.0 Å². The molecule has 0 fully saturated rings. The lowest BCUT2D eigenvalue weighted by Crippen LogP contribution is -2.23. The van der Waals surface area contributed by atoms with Gasteiger partial charge in [0.25, 0.3) is 0 Å². The molecule has 1 rings (SSSR count). The largest absolute Gasteiger partial charge is 0.341 e. The normalized spacial score (nSPS) is 9.92. The first-order chi connectivity index (χ1) is 5.77. The number of hydrogen-bond acceptors (Lipinski definition) is 3. The van der Waals surface area contributed by atoms with Crippen molar-refractivity contribution in [3.8, 4) is 0 Å². The summed E-state index contributed by atoms with van der Waals surface area (Å²) >= 11 is 2.20. The Morgan fingerprint density at radius 2 is 1.75 bits per heavy atom. The highest BCUT2D eigenvalue weighted by molar-refractivity contribution is 14.1. The average Bonchev–Trinajstić information content (AvgIpc) is 2.10. The molecule has 0 aliphatic carbocycles. The molecule has 0 saturated heterocycles. The Labute approximate surface area is 86.4 Å². The molecule has 3 nitrogen and oxygen atoms in total. The van der Waals surface area contributed by atoms with Crippen LogP contribution in [0.25, 0.3) is 0 Å². The van der Waals surface area contributed by atoms with E-state index in [1.165, 1.54) is 0 Å². The predicted molar refractivity (Wildman–Crippen MR) is 58.3 cm³/mol. The van der Waals surface area contributed by atoms with E-state index in [2.05, 4.69) is 51.3 Å². The Bertz CT molecular complexity index is 231. The van der Waals surface area contributed by atoms with Gasteiger partial charge in [-0.25, -0.2) is 9.97 Å². The van der Waals surface area contributed by atoms with Crippen LogP contribution >= 0.6 is 22.6 Å². The monoisotopic (exact) mass is 277 g/mol. The van der Waals surface area contributed by atoms with Crippen molar-refractivity contribution in [2.24, 2.45) is 0 Å². The second-order valence-electron chi connectivity index (χ2n) is 2.37. The van der Waals surface area contributed by atoms with E-state index >= 15 is 0 Å². The minimum atomic E-state index is 0.820. The van der Waals surface area contributed by atoms with Crippen LogP contribution in [0.2, 0.25) is 0 Å². The van der Waals surface area contributed by atoms with E-state index < -0.39 is 0 Å². The van der Waals surface area contributed by atoms with E-state index in [9.17, 15) is 0 Å². The molecule has 4 heteroatoms. The van der Waals surface area contributed by atoms with Crippen LogP contribution in [0.3, 0.4) is 0 Å². The quantitative estimate of drug-likeness (QED) is 0.790. The Hall–Kier alpha value is -0.390. The van der Waals surface area contributed by atoms with E-state index in [-0.39, 0.29) is 0 Å². The van der Waals surface area contributed by atoms with Gasteiger partial charge in [-0.05, 0) is 36.4 Å². The van der Waals surface area contributed by atoms with E-state index in [4.69, 9.17) is 0 Å². The molecule has 66 valence electrons. The first-order valence-electron chi connectivity index (χ1n) is 4.00. The summed E-state index contributed by atoms with van der Waals surface area (Å²) in [6.07, 6.45) is 3.67. The zero-order chi connectivity index (χ0) is 8.97. The van der Waals surface area contributed by atoms with E-state index in [1.54, 1.807) is 0 Å². The maximum Gasteiger partial charge on any atom is 0.225 e. The molecule has 1 heterocycles. The number of rotatable bonds is 3. The summed E-state index contributed by atoms with van der Waals surface area (Å²) in [5.74, 6) is 0.820. The Balaban J connectivity index is 2.80. The van der Waals surface area contributed by atoms with Gasteiger partial charge in [-0.15, -0.1) is 0 Å². The molecule has 1 aromatic rings. The molecule has 0 aliphatic rings. The SMILES string of the molecule is CCN(CC)c1ncc(I)cn1. The summed E-state index contributed by atoms with van der Waals surface area (Å²) in [6, 6.07) is 0. The van der Waals surface area contributed by atoms with Crippen molar-refractivity contribution in [2.75, 3.05) is 18.0 Å². The molecule has 0 radical (unpaired) electrons. The molecule has 0 unspecified atom stereocenters. The molecule has 0 saturated carbocycles. The minimum Gasteiger partial charge on any atom is -0.341 e. The lowest BCUT2D eigenvalue weighted by molar-refractivity contribution is 0.820. The van der Waals surface area contributed by atoms with Crippen LogP contribution in [-0.4, -0.2) is 23.1 Å². The van der Waals surface area contributed by atoms with Crippen LogP contribution in [-0.2, 0) is 0 Å². The number of aromatic nitrogens is 2. The minimum absolute atomic E-state index is 0.820. The van der Waals surface area contributed by atoms with Gasteiger partial charge >= 0.3 is 0 Å². The summed E-state index contributed by atoms with van der Waals surface area (Å²) in [5.41, 5.74) is 0. The fraction of sp³-hybridized carbons (Fsp3) is 0.500. The molecular weight excluding hydrogens is 265 g/mol. The molecule has 1 aromatic heterocycles. The average molecular weight is 277 g/mol. The summed E-state index contributed by atoms with van der Waals surface area (Å²) in [4.78, 5) is 10.6. The van der Waals surface area contributed by atoms with Crippen LogP contribution in [0.4, 0.5) is 5.95 Å². The highest BCUT2D eigenvalue weighted by atomic mass is 127. The van der Waals surface area contributed by atoms with Gasteiger partial charge in [-0.1, -0.05) is 0 Å². The lowest BCUT2D eigenvalue weighted by Gasteiger charge is -2.17. The summed E-state index contributed by atoms with van der Waals surface area (Å²) in [6.45, 7) is 6.11. The fourth-order valence-electron chi connectivity index (χ4n) is 0.975. The first-order valence-corrected chi connectivity index (χ1v) is 5.08. The van der Waals surface area contributed by atoms with Crippen LogP contribution in [0.5, 0.6) is 0 Å². The van der Waals surface area contributed by atoms with E-state index in [0.29, 0.717) is 0 Å². The Morgan fingerprint density at radius 3 is 2.17 bits per heavy atom. The van der Waals surface area contributed by atoms with Gasteiger partial charge in [0.15, 0.2) is 0 Å². The smallest absolute Gasteiger partial charge is 0.225 e. The molecule has 0 amide bonds. The van der Waals surface area contributed by atoms with Crippen molar-refractivity contribution in [3.63, 3.8) is 0 Å². The Kier molecular flexibility index (Phi) is 3.71. The molecule has 0 N–H and O–H groups in total. The fourth-order valence-corrected chi connectivity index (χ4v) is 1.25. The van der Waals surface area contributed by atoms with Gasteiger partial charge in [0.2, 0.25) is 5.95 Å². The van der Waals surface area contributed by atoms with Crippen LogP contribution in [0.15, 0.2) is 12.4 Å². The van der Waals surface area contributed by atoms with Crippen LogP contribution in [0.1, 0.15) is 13.8 Å². The standard InChI is InChI=1S/C8H12IN3/c1-3-12(4-2)8-10-5-7(9)6-11-8/h5-6H,3-4H2,1-2H3. The molecule has 0 spiro atoms. The van der Waals surface area contributed by atoms with Crippen molar-refractivity contribution in [2.45, 2.75) is 13.8 Å². The second kappa shape index (κ2) is 4.59. The maximum atomic E-state index is 4.23. The first kappa shape index (κ1) is 9.70. The molecule has 0 aliphatic heterocycles. The second-order valence-corrected chi connectivity index (χ2v) is 3.62. The van der Waals surface area contributed by atoms with Gasteiger partial charge in [0, 0.05) is 29.1 Å².